The van der Waals surface area contributed by atoms with Gasteiger partial charge in [0.15, 0.2) is 11.9 Å². The zero-order valence-electron chi connectivity index (χ0n) is 7.86. The van der Waals surface area contributed by atoms with Gasteiger partial charge in [0.1, 0.15) is 0 Å². The van der Waals surface area contributed by atoms with Crippen LogP contribution >= 0.6 is 0 Å². The summed E-state index contributed by atoms with van der Waals surface area (Å²) in [6.07, 6.45) is 2.67. The fourth-order valence-electron chi connectivity index (χ4n) is 1.22. The molecule has 71 valence electrons. The Morgan fingerprint density at radius 1 is 1.36 bits per heavy atom. The summed E-state index contributed by atoms with van der Waals surface area (Å²) in [4.78, 5) is 0. The summed E-state index contributed by atoms with van der Waals surface area (Å²) in [6, 6.07) is 9.71. The zero-order chi connectivity index (χ0) is 9.80. The zero-order valence-corrected chi connectivity index (χ0v) is 7.86. The molecule has 1 aromatic heterocycles. The summed E-state index contributed by atoms with van der Waals surface area (Å²) in [5, 5.41) is 3.59. The monoisotopic (exact) mass is 188 g/mol. The molecule has 0 amide bonds. The van der Waals surface area contributed by atoms with Crippen molar-refractivity contribution in [3.63, 3.8) is 0 Å². The molecule has 0 atom stereocenters. The Bertz CT molecular complexity index is 395. The average Bonchev–Trinajstić information content (AvgIpc) is 2.68. The van der Waals surface area contributed by atoms with E-state index in [4.69, 9.17) is 9.26 Å². The third kappa shape index (κ3) is 1.62. The maximum Gasteiger partial charge on any atom is 0.209 e. The second-order valence-electron chi connectivity index (χ2n) is 2.75. The third-order valence-electron chi connectivity index (χ3n) is 1.82. The third-order valence-corrected chi connectivity index (χ3v) is 1.82. The first-order chi connectivity index (χ1) is 6.92. The van der Waals surface area contributed by atoms with Crippen LogP contribution in [0.15, 0.2) is 34.9 Å². The van der Waals surface area contributed by atoms with Crippen LogP contribution in [-0.2, 0) is 0 Å². The number of hydrogen-bond acceptors (Lipinski definition) is 3. The molecule has 0 spiro atoms. The normalized spacial score (nSPS) is 10.1. The van der Waals surface area contributed by atoms with E-state index in [0.717, 1.165) is 5.56 Å². The molecule has 0 aliphatic heterocycles. The van der Waals surface area contributed by atoms with E-state index in [9.17, 15) is 0 Å². The van der Waals surface area contributed by atoms with Crippen LogP contribution < -0.4 is 4.74 Å². The molecule has 2 rings (SSSR count). The van der Waals surface area contributed by atoms with Gasteiger partial charge in [-0.05, 0) is 6.92 Å². The van der Waals surface area contributed by atoms with Crippen LogP contribution in [-0.4, -0.2) is 11.8 Å². The molecule has 1 aromatic carbocycles. The van der Waals surface area contributed by atoms with Gasteiger partial charge in [0, 0.05) is 5.56 Å². The van der Waals surface area contributed by atoms with Crippen molar-refractivity contribution in [2.45, 2.75) is 6.92 Å². The topological polar surface area (TPSA) is 35.3 Å². The minimum absolute atomic E-state index is 0.568. The van der Waals surface area contributed by atoms with E-state index in [0.29, 0.717) is 18.1 Å². The SMILES string of the molecule is CCOc1[c]noc1-c1ccccc1. The first kappa shape index (κ1) is 8.81. The van der Waals surface area contributed by atoms with E-state index in [1.165, 1.54) is 0 Å². The first-order valence-corrected chi connectivity index (χ1v) is 4.47. The molecule has 0 aliphatic rings. The quantitative estimate of drug-likeness (QED) is 0.742. The van der Waals surface area contributed by atoms with E-state index in [1.54, 1.807) is 0 Å². The van der Waals surface area contributed by atoms with Crippen molar-refractivity contribution < 1.29 is 9.26 Å². The summed E-state index contributed by atoms with van der Waals surface area (Å²) in [5.74, 6) is 1.20. The van der Waals surface area contributed by atoms with Gasteiger partial charge in [-0.25, -0.2) is 0 Å². The number of aromatic nitrogens is 1. The fourth-order valence-corrected chi connectivity index (χ4v) is 1.22. The Balaban J connectivity index is 2.37. The van der Waals surface area contributed by atoms with Gasteiger partial charge in [0.05, 0.1) is 6.61 Å². The lowest BCUT2D eigenvalue weighted by Gasteiger charge is -2.00. The first-order valence-electron chi connectivity index (χ1n) is 4.47. The maximum absolute atomic E-state index is 5.32. The lowest BCUT2D eigenvalue weighted by molar-refractivity contribution is 0.336. The van der Waals surface area contributed by atoms with Crippen LogP contribution in [0.3, 0.4) is 0 Å². The van der Waals surface area contributed by atoms with Gasteiger partial charge in [-0.3, -0.25) is 0 Å². The van der Waals surface area contributed by atoms with E-state index in [1.807, 2.05) is 37.3 Å². The Kier molecular flexibility index (Phi) is 2.49. The van der Waals surface area contributed by atoms with Crippen molar-refractivity contribution in [3.05, 3.63) is 36.5 Å². The summed E-state index contributed by atoms with van der Waals surface area (Å²) in [6.45, 7) is 2.49. The fraction of sp³-hybridized carbons (Fsp3) is 0.182. The van der Waals surface area contributed by atoms with Crippen LogP contribution in [0.1, 0.15) is 6.92 Å². The lowest BCUT2D eigenvalue weighted by atomic mass is 10.2. The second kappa shape index (κ2) is 3.96. The van der Waals surface area contributed by atoms with Gasteiger partial charge in [0.25, 0.3) is 0 Å². The number of nitrogens with zero attached hydrogens (tertiary/aromatic N) is 1. The number of rotatable bonds is 3. The largest absolute Gasteiger partial charge is 0.488 e. The molecular weight excluding hydrogens is 178 g/mol. The van der Waals surface area contributed by atoms with Gasteiger partial charge in [-0.2, -0.15) is 0 Å². The van der Waals surface area contributed by atoms with Crippen molar-refractivity contribution in [2.75, 3.05) is 6.61 Å². The molecule has 2 aromatic rings. The van der Waals surface area contributed by atoms with Gasteiger partial charge in [-0.15, -0.1) is 0 Å². The van der Waals surface area contributed by atoms with Crippen molar-refractivity contribution in [1.29, 1.82) is 0 Å². The molecule has 0 saturated heterocycles. The Morgan fingerprint density at radius 2 is 2.14 bits per heavy atom. The van der Waals surface area contributed by atoms with Crippen molar-refractivity contribution in [2.24, 2.45) is 0 Å². The molecule has 1 heterocycles. The van der Waals surface area contributed by atoms with Crippen LogP contribution in [0.25, 0.3) is 11.3 Å². The van der Waals surface area contributed by atoms with Crippen LogP contribution in [0.4, 0.5) is 0 Å². The minimum Gasteiger partial charge on any atom is -0.488 e. The summed E-state index contributed by atoms with van der Waals surface area (Å²) in [5.41, 5.74) is 0.949. The molecule has 1 radical (unpaired) electrons. The van der Waals surface area contributed by atoms with Crippen molar-refractivity contribution in [3.8, 4) is 17.1 Å². The molecule has 0 bridgehead atoms. The number of hydrogen-bond donors (Lipinski definition) is 0. The predicted molar refractivity (Wildman–Crippen MR) is 51.9 cm³/mol. The van der Waals surface area contributed by atoms with Gasteiger partial charge >= 0.3 is 0 Å². The van der Waals surface area contributed by atoms with E-state index < -0.39 is 0 Å². The maximum atomic E-state index is 5.32. The highest BCUT2D eigenvalue weighted by atomic mass is 16.5. The van der Waals surface area contributed by atoms with E-state index >= 15 is 0 Å². The summed E-state index contributed by atoms with van der Waals surface area (Å²) < 4.78 is 10.4. The van der Waals surface area contributed by atoms with Gasteiger partial charge in [0.2, 0.25) is 5.76 Å². The summed E-state index contributed by atoms with van der Waals surface area (Å²) >= 11 is 0. The average molecular weight is 188 g/mol. The Labute approximate surface area is 82.3 Å². The Morgan fingerprint density at radius 3 is 2.86 bits per heavy atom. The highest BCUT2D eigenvalue weighted by Crippen LogP contribution is 2.28. The molecule has 14 heavy (non-hydrogen) atoms. The lowest BCUT2D eigenvalue weighted by Crippen LogP contribution is -1.91. The summed E-state index contributed by atoms with van der Waals surface area (Å²) in [7, 11) is 0. The second-order valence-corrected chi connectivity index (χ2v) is 2.75. The minimum atomic E-state index is 0.568. The van der Waals surface area contributed by atoms with Crippen LogP contribution in [0.5, 0.6) is 5.75 Å². The molecule has 3 heteroatoms. The number of benzene rings is 1. The predicted octanol–water partition coefficient (Wildman–Crippen LogP) is 2.54. The molecule has 0 fully saturated rings. The standard InChI is InChI=1S/C11H10NO2/c1-2-13-10-8-12-14-11(10)9-6-4-3-5-7-9/h3-7H,2H2,1H3. The molecular formula is C11H10NO2. The molecule has 0 N–H and O–H groups in total. The van der Waals surface area contributed by atoms with E-state index in [-0.39, 0.29) is 0 Å². The molecule has 0 saturated carbocycles. The van der Waals surface area contributed by atoms with Crippen LogP contribution in [0, 0.1) is 6.20 Å². The molecule has 0 unspecified atom stereocenters. The van der Waals surface area contributed by atoms with Crippen molar-refractivity contribution >= 4 is 0 Å². The smallest absolute Gasteiger partial charge is 0.209 e. The Hall–Kier alpha value is -1.77. The molecule has 0 aliphatic carbocycles. The highest BCUT2D eigenvalue weighted by molar-refractivity contribution is 5.63. The highest BCUT2D eigenvalue weighted by Gasteiger charge is 2.11. The van der Waals surface area contributed by atoms with Crippen LogP contribution in [0.2, 0.25) is 0 Å². The number of ether oxygens (including phenoxy) is 1. The van der Waals surface area contributed by atoms with Crippen molar-refractivity contribution in [1.82, 2.24) is 5.16 Å². The van der Waals surface area contributed by atoms with E-state index in [2.05, 4.69) is 11.4 Å². The van der Waals surface area contributed by atoms with Gasteiger partial charge < -0.3 is 9.26 Å². The molecule has 3 nitrogen and oxygen atoms in total. The van der Waals surface area contributed by atoms with Gasteiger partial charge in [-0.1, -0.05) is 35.5 Å².